The third kappa shape index (κ3) is 5.05. The van der Waals surface area contributed by atoms with E-state index < -0.39 is 0 Å². The Labute approximate surface area is 149 Å². The predicted molar refractivity (Wildman–Crippen MR) is 100 cm³/mol. The topological polar surface area (TPSA) is 44.8 Å². The van der Waals surface area contributed by atoms with Crippen molar-refractivity contribution < 1.29 is 9.53 Å². The molecule has 5 heteroatoms. The molecule has 1 fully saturated rings. The molecule has 2 aromatic rings. The van der Waals surface area contributed by atoms with Crippen molar-refractivity contribution in [1.29, 1.82) is 0 Å². The number of ether oxygens (including phenoxy) is 1. The Hall–Kier alpha value is -2.37. The van der Waals surface area contributed by atoms with Gasteiger partial charge in [-0.3, -0.25) is 9.69 Å². The van der Waals surface area contributed by atoms with Crippen LogP contribution in [-0.4, -0.2) is 55.0 Å². The molecule has 25 heavy (non-hydrogen) atoms. The van der Waals surface area contributed by atoms with Gasteiger partial charge in [0.05, 0.1) is 12.2 Å². The molecule has 1 aliphatic heterocycles. The maximum absolute atomic E-state index is 12.4. The van der Waals surface area contributed by atoms with Crippen LogP contribution in [0.3, 0.4) is 0 Å². The lowest BCUT2D eigenvalue weighted by Gasteiger charge is -2.33. The molecule has 1 amide bonds. The van der Waals surface area contributed by atoms with Crippen molar-refractivity contribution in [1.82, 2.24) is 9.80 Å². The van der Waals surface area contributed by atoms with Gasteiger partial charge in [0.25, 0.3) is 0 Å². The van der Waals surface area contributed by atoms with Gasteiger partial charge in [0, 0.05) is 26.2 Å². The highest BCUT2D eigenvalue weighted by Crippen LogP contribution is 2.29. The van der Waals surface area contributed by atoms with E-state index in [2.05, 4.69) is 22.0 Å². The van der Waals surface area contributed by atoms with Gasteiger partial charge in [-0.15, -0.1) is 0 Å². The van der Waals surface area contributed by atoms with Crippen LogP contribution in [0.2, 0.25) is 0 Å². The molecule has 0 spiro atoms. The van der Waals surface area contributed by atoms with Crippen LogP contribution in [0.25, 0.3) is 0 Å². The average molecular weight is 339 g/mol. The highest BCUT2D eigenvalue weighted by molar-refractivity contribution is 5.93. The zero-order valence-electron chi connectivity index (χ0n) is 14.6. The Morgan fingerprint density at radius 1 is 0.960 bits per heavy atom. The van der Waals surface area contributed by atoms with Crippen LogP contribution in [0, 0.1) is 0 Å². The van der Waals surface area contributed by atoms with E-state index in [9.17, 15) is 4.79 Å². The van der Waals surface area contributed by atoms with E-state index in [1.807, 2.05) is 54.6 Å². The molecule has 1 heterocycles. The van der Waals surface area contributed by atoms with Crippen molar-refractivity contribution in [3.8, 4) is 11.5 Å². The maximum atomic E-state index is 12.4. The van der Waals surface area contributed by atoms with Crippen molar-refractivity contribution in [3.63, 3.8) is 0 Å². The minimum absolute atomic E-state index is 0.00550. The first kappa shape index (κ1) is 17.5. The van der Waals surface area contributed by atoms with E-state index in [1.54, 1.807) is 0 Å². The summed E-state index contributed by atoms with van der Waals surface area (Å²) in [6, 6.07) is 17.1. The lowest BCUT2D eigenvalue weighted by atomic mass is 10.2. The third-order valence-electron chi connectivity index (χ3n) is 4.41. The van der Waals surface area contributed by atoms with Gasteiger partial charge < -0.3 is 15.0 Å². The molecule has 0 atom stereocenters. The summed E-state index contributed by atoms with van der Waals surface area (Å²) in [6.45, 7) is 7.58. The summed E-state index contributed by atoms with van der Waals surface area (Å²) in [5.41, 5.74) is 0.698. The molecule has 5 nitrogen and oxygen atoms in total. The minimum Gasteiger partial charge on any atom is -0.455 e. The number of likely N-dealkylation sites (N-methyl/N-ethyl adjacent to an activating group) is 1. The van der Waals surface area contributed by atoms with E-state index >= 15 is 0 Å². The highest BCUT2D eigenvalue weighted by atomic mass is 16.5. The standard InChI is InChI=1S/C20H25N3O2/c1-2-22-12-14-23(15-13-22)16-20(24)21-18-10-6-7-11-19(18)25-17-8-4-3-5-9-17/h3-11H,2,12-16H2,1H3,(H,21,24). The van der Waals surface area contributed by atoms with Crippen LogP contribution < -0.4 is 10.1 Å². The molecule has 0 unspecified atom stereocenters. The van der Waals surface area contributed by atoms with Crippen molar-refractivity contribution in [3.05, 3.63) is 54.6 Å². The molecule has 0 aromatic heterocycles. The Morgan fingerprint density at radius 2 is 1.60 bits per heavy atom. The molecule has 1 aliphatic rings. The molecule has 2 aromatic carbocycles. The molecule has 3 rings (SSSR count). The summed E-state index contributed by atoms with van der Waals surface area (Å²) in [6.07, 6.45) is 0. The summed E-state index contributed by atoms with van der Waals surface area (Å²) < 4.78 is 5.89. The average Bonchev–Trinajstić information content (AvgIpc) is 2.65. The number of amides is 1. The Bertz CT molecular complexity index is 682. The van der Waals surface area contributed by atoms with Crippen LogP contribution in [0.15, 0.2) is 54.6 Å². The van der Waals surface area contributed by atoms with Gasteiger partial charge in [-0.25, -0.2) is 0 Å². The van der Waals surface area contributed by atoms with E-state index in [-0.39, 0.29) is 5.91 Å². The summed E-state index contributed by atoms with van der Waals surface area (Å²) in [7, 11) is 0. The van der Waals surface area contributed by atoms with E-state index in [0.29, 0.717) is 18.0 Å². The van der Waals surface area contributed by atoms with Gasteiger partial charge in [0.15, 0.2) is 5.75 Å². The number of piperazine rings is 1. The lowest BCUT2D eigenvalue weighted by molar-refractivity contribution is -0.117. The van der Waals surface area contributed by atoms with Gasteiger partial charge in [0.1, 0.15) is 5.75 Å². The first-order valence-corrected chi connectivity index (χ1v) is 8.81. The van der Waals surface area contributed by atoms with Crippen LogP contribution in [0.5, 0.6) is 11.5 Å². The zero-order chi connectivity index (χ0) is 17.5. The summed E-state index contributed by atoms with van der Waals surface area (Å²) in [4.78, 5) is 17.0. The van der Waals surface area contributed by atoms with Crippen LogP contribution in [-0.2, 0) is 4.79 Å². The van der Waals surface area contributed by atoms with Crippen molar-refractivity contribution >= 4 is 11.6 Å². The fourth-order valence-corrected chi connectivity index (χ4v) is 2.93. The molecule has 0 saturated carbocycles. The van der Waals surface area contributed by atoms with Crippen molar-refractivity contribution in [2.24, 2.45) is 0 Å². The number of hydrogen-bond acceptors (Lipinski definition) is 4. The number of nitrogens with zero attached hydrogens (tertiary/aromatic N) is 2. The quantitative estimate of drug-likeness (QED) is 0.878. The van der Waals surface area contributed by atoms with E-state index in [1.165, 1.54) is 0 Å². The number of rotatable bonds is 6. The molecule has 0 bridgehead atoms. The number of carbonyl (C=O) groups excluding carboxylic acids is 1. The monoisotopic (exact) mass is 339 g/mol. The first-order chi connectivity index (χ1) is 12.2. The second-order valence-electron chi connectivity index (χ2n) is 6.17. The first-order valence-electron chi connectivity index (χ1n) is 8.81. The van der Waals surface area contributed by atoms with Crippen LogP contribution in [0.4, 0.5) is 5.69 Å². The van der Waals surface area contributed by atoms with Gasteiger partial charge in [-0.2, -0.15) is 0 Å². The SMILES string of the molecule is CCN1CCN(CC(=O)Nc2ccccc2Oc2ccccc2)CC1. The van der Waals surface area contributed by atoms with Crippen LogP contribution in [0.1, 0.15) is 6.92 Å². The Kier molecular flexibility index (Phi) is 6.04. The second kappa shape index (κ2) is 8.65. The van der Waals surface area contributed by atoms with Gasteiger partial charge in [0.2, 0.25) is 5.91 Å². The smallest absolute Gasteiger partial charge is 0.238 e. The largest absolute Gasteiger partial charge is 0.455 e. The van der Waals surface area contributed by atoms with Gasteiger partial charge >= 0.3 is 0 Å². The fraction of sp³-hybridized carbons (Fsp3) is 0.350. The Balaban J connectivity index is 1.58. The van der Waals surface area contributed by atoms with E-state index in [4.69, 9.17) is 4.74 Å². The highest BCUT2D eigenvalue weighted by Gasteiger charge is 2.18. The number of benzene rings is 2. The van der Waals surface area contributed by atoms with Crippen LogP contribution >= 0.6 is 0 Å². The fourth-order valence-electron chi connectivity index (χ4n) is 2.93. The Morgan fingerprint density at radius 3 is 2.32 bits per heavy atom. The number of para-hydroxylation sites is 3. The molecule has 0 aliphatic carbocycles. The van der Waals surface area contributed by atoms with Gasteiger partial charge in [-0.1, -0.05) is 37.3 Å². The molecular formula is C20H25N3O2. The van der Waals surface area contributed by atoms with Crippen molar-refractivity contribution in [2.75, 3.05) is 44.6 Å². The minimum atomic E-state index is -0.00550. The third-order valence-corrected chi connectivity index (χ3v) is 4.41. The molecular weight excluding hydrogens is 314 g/mol. The molecule has 1 saturated heterocycles. The summed E-state index contributed by atoms with van der Waals surface area (Å²) >= 11 is 0. The molecule has 1 N–H and O–H groups in total. The summed E-state index contributed by atoms with van der Waals surface area (Å²) in [5, 5.41) is 2.98. The normalized spacial score (nSPS) is 15.7. The van der Waals surface area contributed by atoms with E-state index in [0.717, 1.165) is 38.5 Å². The molecule has 132 valence electrons. The lowest BCUT2D eigenvalue weighted by Crippen LogP contribution is -2.48. The predicted octanol–water partition coefficient (Wildman–Crippen LogP) is 3.05. The molecule has 0 radical (unpaired) electrons. The maximum Gasteiger partial charge on any atom is 0.238 e. The zero-order valence-corrected chi connectivity index (χ0v) is 14.6. The number of nitrogens with one attached hydrogen (secondary N) is 1. The number of anilines is 1. The summed E-state index contributed by atoms with van der Waals surface area (Å²) in [5.74, 6) is 1.40. The van der Waals surface area contributed by atoms with Gasteiger partial charge in [-0.05, 0) is 30.8 Å². The van der Waals surface area contributed by atoms with Crippen molar-refractivity contribution in [2.45, 2.75) is 6.92 Å². The second-order valence-corrected chi connectivity index (χ2v) is 6.17. The number of carbonyl (C=O) groups is 1. The number of hydrogen-bond donors (Lipinski definition) is 1.